The molecule has 23 heavy (non-hydrogen) atoms. The van der Waals surface area contributed by atoms with Gasteiger partial charge in [-0.25, -0.2) is 0 Å². The van der Waals surface area contributed by atoms with Gasteiger partial charge in [0, 0.05) is 19.0 Å². The fourth-order valence-electron chi connectivity index (χ4n) is 1.96. The van der Waals surface area contributed by atoms with Crippen molar-refractivity contribution in [3.63, 3.8) is 0 Å². The van der Waals surface area contributed by atoms with Gasteiger partial charge in [0.25, 0.3) is 0 Å². The molecule has 2 aromatic heterocycles. The molecule has 0 unspecified atom stereocenters. The normalized spacial score (nSPS) is 13.8. The molecule has 0 atom stereocenters. The smallest absolute Gasteiger partial charge is 0.237 e. The van der Waals surface area contributed by atoms with Crippen molar-refractivity contribution in [3.8, 4) is 0 Å². The van der Waals surface area contributed by atoms with E-state index in [0.717, 1.165) is 12.8 Å². The van der Waals surface area contributed by atoms with Gasteiger partial charge in [0.15, 0.2) is 4.34 Å². The maximum atomic E-state index is 11.8. The van der Waals surface area contributed by atoms with Crippen LogP contribution in [0.3, 0.4) is 0 Å². The van der Waals surface area contributed by atoms with Crippen LogP contribution >= 0.6 is 23.1 Å². The number of rotatable bonds is 6. The van der Waals surface area contributed by atoms with Gasteiger partial charge in [-0.15, -0.1) is 10.2 Å². The van der Waals surface area contributed by atoms with Crippen molar-refractivity contribution in [2.24, 2.45) is 0 Å². The third kappa shape index (κ3) is 4.08. The largest absolute Gasteiger partial charge is 0.338 e. The van der Waals surface area contributed by atoms with E-state index >= 15 is 0 Å². The summed E-state index contributed by atoms with van der Waals surface area (Å²) in [6.45, 7) is 3.30. The van der Waals surface area contributed by atoms with Crippen LogP contribution in [0.5, 0.6) is 0 Å². The molecule has 0 radical (unpaired) electrons. The molecule has 1 aliphatic carbocycles. The molecular formula is C13H15N5O3S2. The zero-order valence-electron chi connectivity index (χ0n) is 12.6. The molecule has 0 aromatic carbocycles. The third-order valence-electron chi connectivity index (χ3n) is 3.07. The van der Waals surface area contributed by atoms with Crippen molar-refractivity contribution in [2.45, 2.75) is 37.1 Å². The second-order valence-corrected chi connectivity index (χ2v) is 7.32. The molecule has 0 saturated heterocycles. The van der Waals surface area contributed by atoms with Crippen molar-refractivity contribution in [3.05, 3.63) is 11.8 Å². The molecule has 1 saturated carbocycles. The van der Waals surface area contributed by atoms with Gasteiger partial charge in [-0.05, 0) is 19.8 Å². The molecule has 2 aromatic rings. The molecule has 2 heterocycles. The first-order valence-electron chi connectivity index (χ1n) is 7.02. The topological polar surface area (TPSA) is 101 Å². The Morgan fingerprint density at radius 2 is 2.26 bits per heavy atom. The fraction of sp³-hybridized carbons (Fsp3) is 0.462. The van der Waals surface area contributed by atoms with Gasteiger partial charge in [-0.2, -0.15) is 0 Å². The van der Waals surface area contributed by atoms with Crippen LogP contribution in [0, 0.1) is 6.92 Å². The number of aromatic nitrogens is 3. The summed E-state index contributed by atoms with van der Waals surface area (Å²) in [5.41, 5.74) is 0.700. The van der Waals surface area contributed by atoms with Gasteiger partial charge in [-0.1, -0.05) is 28.3 Å². The van der Waals surface area contributed by atoms with Gasteiger partial charge >= 0.3 is 0 Å². The van der Waals surface area contributed by atoms with Crippen LogP contribution in [0.25, 0.3) is 0 Å². The van der Waals surface area contributed by atoms with E-state index < -0.39 is 0 Å². The average molecular weight is 353 g/mol. The molecular weight excluding hydrogens is 338 g/mol. The van der Waals surface area contributed by atoms with Crippen LogP contribution < -0.4 is 10.2 Å². The summed E-state index contributed by atoms with van der Waals surface area (Å²) in [5, 5.41) is 15.0. The lowest BCUT2D eigenvalue weighted by Gasteiger charge is -2.15. The number of anilines is 2. The number of carbonyl (C=O) groups excluding carboxylic acids is 2. The zero-order chi connectivity index (χ0) is 16.4. The fourth-order valence-corrected chi connectivity index (χ4v) is 3.72. The van der Waals surface area contributed by atoms with E-state index in [-0.39, 0.29) is 23.6 Å². The highest BCUT2D eigenvalue weighted by molar-refractivity contribution is 8.01. The molecule has 8 nitrogen and oxygen atoms in total. The third-order valence-corrected chi connectivity index (χ3v) is 5.13. The van der Waals surface area contributed by atoms with Crippen LogP contribution in [0.4, 0.5) is 11.0 Å². The zero-order valence-corrected chi connectivity index (χ0v) is 14.2. The highest BCUT2D eigenvalue weighted by atomic mass is 32.2. The van der Waals surface area contributed by atoms with Gasteiger partial charge in [0.05, 0.1) is 11.4 Å². The molecule has 122 valence electrons. The van der Waals surface area contributed by atoms with Crippen LogP contribution in [-0.4, -0.2) is 39.0 Å². The Morgan fingerprint density at radius 3 is 2.87 bits per heavy atom. The van der Waals surface area contributed by atoms with E-state index in [9.17, 15) is 9.59 Å². The first-order valence-corrected chi connectivity index (χ1v) is 8.82. The predicted octanol–water partition coefficient (Wildman–Crippen LogP) is 2.08. The number of hydrogen-bond donors (Lipinski definition) is 1. The molecule has 0 spiro atoms. The predicted molar refractivity (Wildman–Crippen MR) is 86.7 cm³/mol. The molecule has 2 amide bonds. The first-order chi connectivity index (χ1) is 11.0. The second kappa shape index (κ2) is 6.67. The minimum absolute atomic E-state index is 0.0290. The van der Waals surface area contributed by atoms with Crippen molar-refractivity contribution in [1.82, 2.24) is 15.4 Å². The van der Waals surface area contributed by atoms with Crippen molar-refractivity contribution in [2.75, 3.05) is 16.0 Å². The molecule has 1 fully saturated rings. The summed E-state index contributed by atoms with van der Waals surface area (Å²) < 4.78 is 5.57. The Hall–Kier alpha value is -1.94. The van der Waals surface area contributed by atoms with Gasteiger partial charge in [-0.3, -0.25) is 19.8 Å². The SMILES string of the molecule is CC(=O)N(c1nnc(SCC(=O)Nc2cc(C)no2)s1)C1CC1. The Morgan fingerprint density at radius 1 is 1.48 bits per heavy atom. The highest BCUT2D eigenvalue weighted by Crippen LogP contribution is 2.35. The number of nitrogens with zero attached hydrogens (tertiary/aromatic N) is 4. The molecule has 0 aliphatic heterocycles. The number of carbonyl (C=O) groups is 2. The van der Waals surface area contributed by atoms with E-state index in [1.165, 1.54) is 30.0 Å². The maximum Gasteiger partial charge on any atom is 0.237 e. The minimum Gasteiger partial charge on any atom is -0.338 e. The molecule has 3 rings (SSSR count). The number of aryl methyl sites for hydroxylation is 1. The number of hydrogen-bond acceptors (Lipinski definition) is 8. The number of amides is 2. The Bertz CT molecular complexity index is 725. The Kier molecular flexibility index (Phi) is 4.62. The van der Waals surface area contributed by atoms with E-state index in [1.807, 2.05) is 0 Å². The van der Waals surface area contributed by atoms with Crippen LogP contribution in [-0.2, 0) is 9.59 Å². The lowest BCUT2D eigenvalue weighted by atomic mass is 10.5. The summed E-state index contributed by atoms with van der Waals surface area (Å²) in [5.74, 6) is 0.257. The monoisotopic (exact) mass is 353 g/mol. The molecule has 1 aliphatic rings. The van der Waals surface area contributed by atoms with Crippen molar-refractivity contribution >= 4 is 45.9 Å². The molecule has 10 heteroatoms. The lowest BCUT2D eigenvalue weighted by Crippen LogP contribution is -2.30. The maximum absolute atomic E-state index is 11.8. The number of nitrogens with one attached hydrogen (secondary N) is 1. The van der Waals surface area contributed by atoms with Gasteiger partial charge in [0.2, 0.25) is 22.8 Å². The van der Waals surface area contributed by atoms with Crippen molar-refractivity contribution in [1.29, 1.82) is 0 Å². The average Bonchev–Trinajstić information content (AvgIpc) is 3.05. The van der Waals surface area contributed by atoms with Crippen LogP contribution in [0.1, 0.15) is 25.5 Å². The van der Waals surface area contributed by atoms with E-state index in [2.05, 4.69) is 20.7 Å². The lowest BCUT2D eigenvalue weighted by molar-refractivity contribution is -0.116. The second-order valence-electron chi connectivity index (χ2n) is 5.14. The number of thioether (sulfide) groups is 1. The summed E-state index contributed by atoms with van der Waals surface area (Å²) in [7, 11) is 0. The summed E-state index contributed by atoms with van der Waals surface area (Å²) in [4.78, 5) is 25.2. The quantitative estimate of drug-likeness (QED) is 0.626. The van der Waals surface area contributed by atoms with Crippen LogP contribution in [0.15, 0.2) is 14.9 Å². The van der Waals surface area contributed by atoms with Gasteiger partial charge in [0.1, 0.15) is 0 Å². The standard InChI is InChI=1S/C13H15N5O3S2/c1-7-5-11(21-17-7)14-10(20)6-22-13-16-15-12(23-13)18(8(2)19)9-3-4-9/h5,9H,3-4,6H2,1-2H3,(H,14,20). The summed E-state index contributed by atoms with van der Waals surface area (Å²) in [6.07, 6.45) is 2.00. The highest BCUT2D eigenvalue weighted by Gasteiger charge is 2.34. The van der Waals surface area contributed by atoms with E-state index in [4.69, 9.17) is 4.52 Å². The van der Waals surface area contributed by atoms with Gasteiger partial charge < -0.3 is 4.52 Å². The van der Waals surface area contributed by atoms with E-state index in [1.54, 1.807) is 17.9 Å². The van der Waals surface area contributed by atoms with E-state index in [0.29, 0.717) is 21.0 Å². The molecule has 1 N–H and O–H groups in total. The molecule has 0 bridgehead atoms. The summed E-state index contributed by atoms with van der Waals surface area (Å²) in [6, 6.07) is 1.89. The minimum atomic E-state index is -0.214. The summed E-state index contributed by atoms with van der Waals surface area (Å²) >= 11 is 2.59. The first kappa shape index (κ1) is 15.9. The van der Waals surface area contributed by atoms with Crippen molar-refractivity contribution < 1.29 is 14.1 Å². The van der Waals surface area contributed by atoms with Crippen LogP contribution in [0.2, 0.25) is 0 Å². The Balaban J connectivity index is 1.54. The Labute approximate surface area is 140 Å².